The van der Waals surface area contributed by atoms with E-state index in [4.69, 9.17) is 5.11 Å². The van der Waals surface area contributed by atoms with E-state index in [-0.39, 0.29) is 23.1 Å². The lowest BCUT2D eigenvalue weighted by atomic mass is 10.1. The molecule has 8 nitrogen and oxygen atoms in total. The van der Waals surface area contributed by atoms with Crippen LogP contribution in [0.2, 0.25) is 0 Å². The van der Waals surface area contributed by atoms with Gasteiger partial charge in [0, 0.05) is 11.8 Å². The molecule has 144 valence electrons. The fourth-order valence-corrected chi connectivity index (χ4v) is 5.21. The first-order valence-electron chi connectivity index (χ1n) is 8.22. The molecule has 3 rings (SSSR count). The molecule has 2 aromatic carbocycles. The summed E-state index contributed by atoms with van der Waals surface area (Å²) in [4.78, 5) is 23.0. The summed E-state index contributed by atoms with van der Waals surface area (Å²) in [5, 5.41) is 10.0. The Bertz CT molecular complexity index is 979. The van der Waals surface area contributed by atoms with Gasteiger partial charge in [-0.25, -0.2) is 13.8 Å². The van der Waals surface area contributed by atoms with E-state index in [1.807, 2.05) is 24.3 Å². The van der Waals surface area contributed by atoms with Crippen molar-refractivity contribution in [3.63, 3.8) is 0 Å². The highest BCUT2D eigenvalue weighted by Crippen LogP contribution is 2.30. The Morgan fingerprint density at radius 1 is 1.19 bits per heavy atom. The number of amides is 1. The van der Waals surface area contributed by atoms with Crippen LogP contribution in [0.15, 0.2) is 47.4 Å². The molecule has 10 heteroatoms. The van der Waals surface area contributed by atoms with Gasteiger partial charge in [-0.05, 0) is 29.3 Å². The number of thiol groups is 1. The van der Waals surface area contributed by atoms with E-state index >= 15 is 0 Å². The van der Waals surface area contributed by atoms with Gasteiger partial charge in [-0.3, -0.25) is 15.0 Å². The van der Waals surface area contributed by atoms with Crippen molar-refractivity contribution in [2.75, 3.05) is 13.1 Å². The van der Waals surface area contributed by atoms with E-state index < -0.39 is 34.5 Å². The number of fused-ring (bicyclic) bond motifs is 1. The van der Waals surface area contributed by atoms with Gasteiger partial charge in [-0.1, -0.05) is 30.3 Å². The fourth-order valence-electron chi connectivity index (χ4n) is 3.04. The summed E-state index contributed by atoms with van der Waals surface area (Å²) < 4.78 is 27.4. The molecular weight excluding hydrogens is 390 g/mol. The van der Waals surface area contributed by atoms with Gasteiger partial charge in [0.25, 0.3) is 5.91 Å². The Labute approximate surface area is 162 Å². The van der Waals surface area contributed by atoms with Crippen LogP contribution in [0.3, 0.4) is 0 Å². The van der Waals surface area contributed by atoms with Crippen molar-refractivity contribution < 1.29 is 23.1 Å². The number of nitrogens with one attached hydrogen (secondary N) is 2. The lowest BCUT2D eigenvalue weighted by Gasteiger charge is -2.23. The molecule has 1 amide bonds. The first kappa shape index (κ1) is 19.6. The van der Waals surface area contributed by atoms with Gasteiger partial charge in [-0.15, -0.1) is 0 Å². The monoisotopic (exact) mass is 409 g/mol. The number of carboxylic acids is 1. The molecule has 1 saturated heterocycles. The molecule has 0 unspecified atom stereocenters. The summed E-state index contributed by atoms with van der Waals surface area (Å²) in [6.07, 6.45) is 0.233. The van der Waals surface area contributed by atoms with Gasteiger partial charge in [-0.2, -0.15) is 16.9 Å². The second-order valence-electron chi connectivity index (χ2n) is 6.23. The van der Waals surface area contributed by atoms with Crippen LogP contribution in [-0.4, -0.2) is 54.1 Å². The third-order valence-electron chi connectivity index (χ3n) is 4.32. The normalized spacial score (nSPS) is 20.6. The van der Waals surface area contributed by atoms with E-state index in [9.17, 15) is 18.0 Å². The van der Waals surface area contributed by atoms with Crippen LogP contribution in [0.5, 0.6) is 0 Å². The smallest absolute Gasteiger partial charge is 0.319 e. The second kappa shape index (κ2) is 7.85. The third-order valence-corrected chi connectivity index (χ3v) is 6.56. The van der Waals surface area contributed by atoms with Crippen LogP contribution in [0.4, 0.5) is 0 Å². The Balaban J connectivity index is 1.86. The van der Waals surface area contributed by atoms with Crippen LogP contribution >= 0.6 is 12.6 Å². The molecule has 1 fully saturated rings. The number of carboxylic acid groups (broad SMARTS) is 1. The number of nitrogens with zero attached hydrogens (tertiary/aromatic N) is 1. The maximum absolute atomic E-state index is 13.1. The fraction of sp³-hybridized carbons (Fsp3) is 0.294. The van der Waals surface area contributed by atoms with Crippen molar-refractivity contribution in [3.05, 3.63) is 42.5 Å². The second-order valence-corrected chi connectivity index (χ2v) is 8.85. The average Bonchev–Trinajstić information content (AvgIpc) is 3.03. The van der Waals surface area contributed by atoms with Crippen molar-refractivity contribution in [2.45, 2.75) is 22.6 Å². The number of hydrazine groups is 1. The zero-order valence-electron chi connectivity index (χ0n) is 14.2. The van der Waals surface area contributed by atoms with Crippen LogP contribution in [0, 0.1) is 0 Å². The number of carbonyl (C=O) groups excluding carboxylic acids is 1. The van der Waals surface area contributed by atoms with Crippen molar-refractivity contribution in [1.29, 1.82) is 0 Å². The molecule has 1 heterocycles. The summed E-state index contributed by atoms with van der Waals surface area (Å²) >= 11 is 4.33. The molecule has 0 radical (unpaired) electrons. The zero-order valence-corrected chi connectivity index (χ0v) is 15.9. The molecule has 1 aliphatic rings. The maximum atomic E-state index is 13.1. The van der Waals surface area contributed by atoms with E-state index in [0.29, 0.717) is 0 Å². The summed E-state index contributed by atoms with van der Waals surface area (Å²) in [7, 11) is -3.92. The first-order chi connectivity index (χ1) is 12.8. The molecule has 3 N–H and O–H groups in total. The number of rotatable bonds is 6. The Hall–Kier alpha value is -2.14. The molecule has 1 aliphatic heterocycles. The molecule has 0 aliphatic carbocycles. The SMILES string of the molecule is O=C(O)CNNC(=O)[C@@H]1C[C@@H](S)CN1S(=O)(=O)c1ccc2ccccc2c1. The van der Waals surface area contributed by atoms with Gasteiger partial charge in [0.1, 0.15) is 12.6 Å². The lowest BCUT2D eigenvalue weighted by Crippen LogP contribution is -2.50. The summed E-state index contributed by atoms with van der Waals surface area (Å²) in [5.74, 6) is -1.76. The largest absolute Gasteiger partial charge is 0.480 e. The highest BCUT2D eigenvalue weighted by molar-refractivity contribution is 7.89. The minimum Gasteiger partial charge on any atom is -0.480 e. The number of carbonyl (C=O) groups is 2. The van der Waals surface area contributed by atoms with Gasteiger partial charge in [0.05, 0.1) is 4.90 Å². The van der Waals surface area contributed by atoms with Gasteiger partial charge in [0.2, 0.25) is 10.0 Å². The van der Waals surface area contributed by atoms with Gasteiger partial charge in [0.15, 0.2) is 0 Å². The molecule has 2 atom stereocenters. The average molecular weight is 409 g/mol. The predicted octanol–water partition coefficient (Wildman–Crippen LogP) is 0.607. The van der Waals surface area contributed by atoms with Crippen molar-refractivity contribution >= 4 is 45.3 Å². The maximum Gasteiger partial charge on any atom is 0.319 e. The summed E-state index contributed by atoms with van der Waals surface area (Å²) in [6.45, 7) is -0.379. The Morgan fingerprint density at radius 3 is 2.59 bits per heavy atom. The Morgan fingerprint density at radius 2 is 1.89 bits per heavy atom. The number of hydrogen-bond acceptors (Lipinski definition) is 6. The van der Waals surface area contributed by atoms with E-state index in [1.54, 1.807) is 12.1 Å². The minimum atomic E-state index is -3.92. The summed E-state index contributed by atoms with van der Waals surface area (Å²) in [5.41, 5.74) is 4.52. The zero-order chi connectivity index (χ0) is 19.6. The van der Waals surface area contributed by atoms with E-state index in [0.717, 1.165) is 15.1 Å². The minimum absolute atomic E-state index is 0.0925. The number of hydrogen-bond donors (Lipinski definition) is 4. The topological polar surface area (TPSA) is 116 Å². The van der Waals surface area contributed by atoms with Crippen LogP contribution in [0.1, 0.15) is 6.42 Å². The van der Waals surface area contributed by atoms with Crippen molar-refractivity contribution in [3.8, 4) is 0 Å². The quantitative estimate of drug-likeness (QED) is 0.410. The van der Waals surface area contributed by atoms with Crippen molar-refractivity contribution in [2.24, 2.45) is 0 Å². The molecule has 2 aromatic rings. The predicted molar refractivity (Wildman–Crippen MR) is 103 cm³/mol. The molecular formula is C17H19N3O5S2. The number of benzene rings is 2. The standard InChI is InChI=1S/C17H19N3O5S2/c21-16(22)9-18-19-17(23)15-8-13(26)10-20(15)27(24,25)14-6-5-11-3-1-2-4-12(11)7-14/h1-7,13,15,18,26H,8-10H2,(H,19,23)(H,21,22)/t13-,15+/m1/s1. The molecule has 0 bridgehead atoms. The third kappa shape index (κ3) is 4.24. The van der Waals surface area contributed by atoms with Crippen LogP contribution < -0.4 is 10.9 Å². The summed E-state index contributed by atoms with van der Waals surface area (Å²) in [6, 6.07) is 11.2. The first-order valence-corrected chi connectivity index (χ1v) is 10.2. The molecule has 0 saturated carbocycles. The van der Waals surface area contributed by atoms with Crippen LogP contribution in [0.25, 0.3) is 10.8 Å². The number of sulfonamides is 1. The van der Waals surface area contributed by atoms with Gasteiger partial charge >= 0.3 is 5.97 Å². The molecule has 0 spiro atoms. The van der Waals surface area contributed by atoms with E-state index in [2.05, 4.69) is 23.5 Å². The van der Waals surface area contributed by atoms with Crippen molar-refractivity contribution in [1.82, 2.24) is 15.2 Å². The number of aliphatic carboxylic acids is 1. The highest BCUT2D eigenvalue weighted by atomic mass is 32.2. The van der Waals surface area contributed by atoms with E-state index in [1.165, 1.54) is 6.07 Å². The molecule has 0 aromatic heterocycles. The van der Waals surface area contributed by atoms with Gasteiger partial charge < -0.3 is 5.11 Å². The molecule has 27 heavy (non-hydrogen) atoms. The Kier molecular flexibility index (Phi) is 5.70. The highest BCUT2D eigenvalue weighted by Gasteiger charge is 2.43. The van der Waals surface area contributed by atoms with Crippen LogP contribution in [-0.2, 0) is 19.6 Å². The lowest BCUT2D eigenvalue weighted by molar-refractivity contribution is -0.136.